The lowest BCUT2D eigenvalue weighted by Crippen LogP contribution is -2.53. The number of ether oxygens (including phenoxy) is 1. The Morgan fingerprint density at radius 1 is 0.946 bits per heavy atom. The zero-order valence-electron chi connectivity index (χ0n) is 22.8. The molecule has 3 amide bonds. The number of carbonyl (C=O) groups excluding carboxylic acids is 3. The van der Waals surface area contributed by atoms with E-state index in [9.17, 15) is 14.4 Å². The van der Waals surface area contributed by atoms with Crippen molar-refractivity contribution >= 4 is 29.7 Å². The Hall–Kier alpha value is -3.00. The van der Waals surface area contributed by atoms with Crippen LogP contribution in [0, 0.1) is 11.8 Å². The summed E-state index contributed by atoms with van der Waals surface area (Å²) in [5.74, 6) is -0.528. The summed E-state index contributed by atoms with van der Waals surface area (Å²) in [5.41, 5.74) is 0.301. The highest BCUT2D eigenvalue weighted by Crippen LogP contribution is 2.23. The average molecular weight is 528 g/mol. The molecule has 0 aliphatic heterocycles. The van der Waals surface area contributed by atoms with Crippen LogP contribution in [0.2, 0.25) is 0 Å². The zero-order chi connectivity index (χ0) is 27.4. The molecule has 1 unspecified atom stereocenters. The lowest BCUT2D eigenvalue weighted by Gasteiger charge is -2.31. The molecule has 0 aliphatic carbocycles. The van der Waals surface area contributed by atoms with Gasteiger partial charge in [0.2, 0.25) is 5.91 Å². The molecule has 2 aromatic rings. The maximum atomic E-state index is 13.5. The van der Waals surface area contributed by atoms with Gasteiger partial charge in [-0.1, -0.05) is 62.4 Å². The maximum absolute atomic E-state index is 13.5. The highest BCUT2D eigenvalue weighted by molar-refractivity contribution is 7.99. The molecule has 2 aromatic carbocycles. The molecule has 0 fully saturated rings. The molecule has 0 saturated carbocycles. The van der Waals surface area contributed by atoms with E-state index in [4.69, 9.17) is 4.74 Å². The maximum Gasteiger partial charge on any atom is 0.318 e. The molecule has 0 bridgehead atoms. The van der Waals surface area contributed by atoms with Gasteiger partial charge in [-0.3, -0.25) is 9.59 Å². The van der Waals surface area contributed by atoms with Crippen molar-refractivity contribution in [2.75, 3.05) is 25.9 Å². The SMILES string of the molecule is CNC(=O)[C@H](Cc1ccccc1)NC(=O)N(CC(C)C)CC(CSc1ccccc1)C(=O)OC(C)(C)C. The lowest BCUT2D eigenvalue weighted by molar-refractivity contribution is -0.159. The summed E-state index contributed by atoms with van der Waals surface area (Å²) in [6.07, 6.45) is 0.362. The van der Waals surface area contributed by atoms with E-state index in [1.807, 2.05) is 95.3 Å². The minimum absolute atomic E-state index is 0.166. The predicted molar refractivity (Wildman–Crippen MR) is 149 cm³/mol. The quantitative estimate of drug-likeness (QED) is 0.307. The number of rotatable bonds is 12. The van der Waals surface area contributed by atoms with Crippen molar-refractivity contribution in [3.05, 3.63) is 66.2 Å². The summed E-state index contributed by atoms with van der Waals surface area (Å²) in [4.78, 5) is 42.0. The molecule has 7 nitrogen and oxygen atoms in total. The van der Waals surface area contributed by atoms with E-state index < -0.39 is 17.6 Å². The Morgan fingerprint density at radius 2 is 1.54 bits per heavy atom. The molecule has 0 radical (unpaired) electrons. The van der Waals surface area contributed by atoms with Gasteiger partial charge in [0.15, 0.2) is 0 Å². The minimum Gasteiger partial charge on any atom is -0.460 e. The molecule has 8 heteroatoms. The Morgan fingerprint density at radius 3 is 2.08 bits per heavy atom. The predicted octanol–water partition coefficient (Wildman–Crippen LogP) is 4.76. The van der Waals surface area contributed by atoms with Crippen LogP contribution in [0.1, 0.15) is 40.2 Å². The van der Waals surface area contributed by atoms with E-state index in [0.29, 0.717) is 18.7 Å². The summed E-state index contributed by atoms with van der Waals surface area (Å²) >= 11 is 1.56. The Balaban J connectivity index is 2.23. The smallest absolute Gasteiger partial charge is 0.318 e. The van der Waals surface area contributed by atoms with Crippen LogP contribution in [0.25, 0.3) is 0 Å². The summed E-state index contributed by atoms with van der Waals surface area (Å²) in [6.45, 7) is 10.2. The molecule has 2 N–H and O–H groups in total. The third-order valence-corrected chi connectivity index (χ3v) is 6.57. The Bertz CT molecular complexity index is 993. The molecule has 0 heterocycles. The van der Waals surface area contributed by atoms with E-state index in [-0.39, 0.29) is 30.4 Å². The number of hydrogen-bond donors (Lipinski definition) is 2. The van der Waals surface area contributed by atoms with Crippen LogP contribution in [-0.4, -0.2) is 60.3 Å². The first-order chi connectivity index (χ1) is 17.5. The van der Waals surface area contributed by atoms with Gasteiger partial charge in [-0.05, 0) is 44.4 Å². The Labute approximate surface area is 225 Å². The standard InChI is InChI=1S/C29H41N3O4S/c1-21(2)18-32(28(35)31-25(26(33)30-6)17-22-13-9-7-10-14-22)19-23(27(34)36-29(3,4)5)20-37-24-15-11-8-12-16-24/h7-16,21,23,25H,17-20H2,1-6H3,(H,30,33)(H,31,35)/t23?,25-/m0/s1. The largest absolute Gasteiger partial charge is 0.460 e. The molecular weight excluding hydrogens is 486 g/mol. The lowest BCUT2D eigenvalue weighted by atomic mass is 10.1. The van der Waals surface area contributed by atoms with Crippen molar-refractivity contribution in [2.24, 2.45) is 11.8 Å². The number of likely N-dealkylation sites (N-methyl/N-ethyl adjacent to an activating group) is 1. The van der Waals surface area contributed by atoms with Crippen LogP contribution in [0.4, 0.5) is 4.79 Å². The first kappa shape index (κ1) is 30.2. The van der Waals surface area contributed by atoms with Gasteiger partial charge in [0.25, 0.3) is 0 Å². The Kier molecular flexibility index (Phi) is 12.0. The van der Waals surface area contributed by atoms with Crippen LogP contribution in [-0.2, 0) is 20.7 Å². The summed E-state index contributed by atoms with van der Waals surface area (Å²) in [6, 6.07) is 18.3. The van der Waals surface area contributed by atoms with Crippen molar-refractivity contribution in [1.82, 2.24) is 15.5 Å². The van der Waals surface area contributed by atoms with Crippen molar-refractivity contribution in [1.29, 1.82) is 0 Å². The third kappa shape index (κ3) is 11.3. The van der Waals surface area contributed by atoms with Crippen LogP contribution in [0.3, 0.4) is 0 Å². The fourth-order valence-corrected chi connectivity index (χ4v) is 4.70. The van der Waals surface area contributed by atoms with E-state index in [1.165, 1.54) is 0 Å². The van der Waals surface area contributed by atoms with Crippen molar-refractivity contribution in [2.45, 2.75) is 57.6 Å². The van der Waals surface area contributed by atoms with Crippen LogP contribution in [0.5, 0.6) is 0 Å². The molecule has 0 aliphatic rings. The number of urea groups is 1. The van der Waals surface area contributed by atoms with Gasteiger partial charge in [-0.2, -0.15) is 0 Å². The van der Waals surface area contributed by atoms with E-state index in [0.717, 1.165) is 10.5 Å². The molecule has 0 aromatic heterocycles. The van der Waals surface area contributed by atoms with Gasteiger partial charge in [-0.25, -0.2) is 4.79 Å². The van der Waals surface area contributed by atoms with E-state index >= 15 is 0 Å². The second kappa shape index (κ2) is 14.7. The first-order valence-corrected chi connectivity index (χ1v) is 13.7. The molecule has 2 rings (SSSR count). The van der Waals surface area contributed by atoms with Gasteiger partial charge in [0.1, 0.15) is 11.6 Å². The monoisotopic (exact) mass is 527 g/mol. The van der Waals surface area contributed by atoms with E-state index in [2.05, 4.69) is 10.6 Å². The second-order valence-corrected chi connectivity index (χ2v) is 11.6. The average Bonchev–Trinajstić information content (AvgIpc) is 2.84. The fraction of sp³-hybridized carbons (Fsp3) is 0.483. The molecule has 0 spiro atoms. The van der Waals surface area contributed by atoms with Gasteiger partial charge in [0.05, 0.1) is 5.92 Å². The number of esters is 1. The fourth-order valence-electron chi connectivity index (χ4n) is 3.71. The van der Waals surface area contributed by atoms with Crippen molar-refractivity contribution in [3.63, 3.8) is 0 Å². The molecule has 202 valence electrons. The summed E-state index contributed by atoms with van der Waals surface area (Å²) in [7, 11) is 1.55. The zero-order valence-corrected chi connectivity index (χ0v) is 23.6. The number of carbonyl (C=O) groups is 3. The molecular formula is C29H41N3O4S. The molecule has 2 atom stereocenters. The summed E-state index contributed by atoms with van der Waals surface area (Å²) in [5, 5.41) is 5.55. The van der Waals surface area contributed by atoms with Gasteiger partial charge in [0, 0.05) is 37.2 Å². The van der Waals surface area contributed by atoms with Gasteiger partial charge < -0.3 is 20.3 Å². The summed E-state index contributed by atoms with van der Waals surface area (Å²) < 4.78 is 5.71. The van der Waals surface area contributed by atoms with Crippen LogP contribution >= 0.6 is 11.8 Å². The second-order valence-electron chi connectivity index (χ2n) is 10.5. The van der Waals surface area contributed by atoms with Crippen molar-refractivity contribution < 1.29 is 19.1 Å². The molecule has 37 heavy (non-hydrogen) atoms. The third-order valence-electron chi connectivity index (χ3n) is 5.39. The highest BCUT2D eigenvalue weighted by Gasteiger charge is 2.31. The number of benzene rings is 2. The van der Waals surface area contributed by atoms with Crippen LogP contribution < -0.4 is 10.6 Å². The minimum atomic E-state index is -0.742. The van der Waals surface area contributed by atoms with Crippen LogP contribution in [0.15, 0.2) is 65.6 Å². The van der Waals surface area contributed by atoms with E-state index in [1.54, 1.807) is 23.7 Å². The topological polar surface area (TPSA) is 87.7 Å². The number of amides is 3. The number of hydrogen-bond acceptors (Lipinski definition) is 5. The van der Waals surface area contributed by atoms with Gasteiger partial charge >= 0.3 is 12.0 Å². The number of nitrogens with zero attached hydrogens (tertiary/aromatic N) is 1. The molecule has 0 saturated heterocycles. The van der Waals surface area contributed by atoms with Gasteiger partial charge in [-0.15, -0.1) is 11.8 Å². The normalized spacial score (nSPS) is 12.9. The van der Waals surface area contributed by atoms with Crippen molar-refractivity contribution in [3.8, 4) is 0 Å². The number of nitrogens with one attached hydrogen (secondary N) is 2. The number of thioether (sulfide) groups is 1. The first-order valence-electron chi connectivity index (χ1n) is 12.7. The highest BCUT2D eigenvalue weighted by atomic mass is 32.2.